The Morgan fingerprint density at radius 2 is 2.11 bits per heavy atom. The number of anilines is 1. The summed E-state index contributed by atoms with van der Waals surface area (Å²) in [5.41, 5.74) is 1.52. The van der Waals surface area contributed by atoms with E-state index in [9.17, 15) is 9.90 Å². The molecule has 2 N–H and O–H groups in total. The van der Waals surface area contributed by atoms with E-state index < -0.39 is 0 Å². The summed E-state index contributed by atoms with van der Waals surface area (Å²) in [6.45, 7) is 5.48. The van der Waals surface area contributed by atoms with Crippen LogP contribution in [0.3, 0.4) is 0 Å². The van der Waals surface area contributed by atoms with Crippen molar-refractivity contribution in [2.24, 2.45) is 5.41 Å². The summed E-state index contributed by atoms with van der Waals surface area (Å²) in [4.78, 5) is 23.3. The highest BCUT2D eigenvalue weighted by molar-refractivity contribution is 5.94. The Bertz CT molecular complexity index is 820. The highest BCUT2D eigenvalue weighted by atomic mass is 16.5. The Hall–Kier alpha value is -2.51. The summed E-state index contributed by atoms with van der Waals surface area (Å²) in [5, 5.41) is 12.7. The number of nitrogens with one attached hydrogen (secondary N) is 1. The minimum atomic E-state index is -0.296. The zero-order chi connectivity index (χ0) is 18.9. The molecule has 0 aliphatic carbocycles. The third-order valence-corrected chi connectivity index (χ3v) is 5.11. The SMILES string of the molecule is CC1(CNC(=O)c2ccc(-c3nccc(N4CC[C@@H](O)C4)n3)cc2)COC1. The molecule has 2 aliphatic rings. The van der Waals surface area contributed by atoms with Crippen LogP contribution in [0, 0.1) is 5.41 Å². The number of aliphatic hydroxyl groups is 1. The lowest BCUT2D eigenvalue weighted by Crippen LogP contribution is -2.48. The van der Waals surface area contributed by atoms with Crippen molar-refractivity contribution in [2.45, 2.75) is 19.4 Å². The predicted molar refractivity (Wildman–Crippen MR) is 102 cm³/mol. The van der Waals surface area contributed by atoms with Gasteiger partial charge in [0.15, 0.2) is 5.82 Å². The number of benzene rings is 1. The van der Waals surface area contributed by atoms with Gasteiger partial charge in [0.25, 0.3) is 5.91 Å². The first-order valence-corrected chi connectivity index (χ1v) is 9.25. The summed E-state index contributed by atoms with van der Waals surface area (Å²) in [5.74, 6) is 1.34. The molecule has 3 heterocycles. The normalized spacial score (nSPS) is 21.0. The highest BCUT2D eigenvalue weighted by Gasteiger charge is 2.33. The minimum absolute atomic E-state index is 0.0486. The van der Waals surface area contributed by atoms with Crippen LogP contribution in [0.15, 0.2) is 36.5 Å². The lowest BCUT2D eigenvalue weighted by Gasteiger charge is -2.38. The maximum absolute atomic E-state index is 12.3. The summed E-state index contributed by atoms with van der Waals surface area (Å²) in [6.07, 6.45) is 2.19. The molecule has 1 aromatic heterocycles. The first-order chi connectivity index (χ1) is 13.0. The van der Waals surface area contributed by atoms with Crippen LogP contribution in [0.1, 0.15) is 23.7 Å². The summed E-state index contributed by atoms with van der Waals surface area (Å²) in [7, 11) is 0. The quantitative estimate of drug-likeness (QED) is 0.831. The number of carbonyl (C=O) groups is 1. The van der Waals surface area contributed by atoms with Crippen molar-refractivity contribution in [3.63, 3.8) is 0 Å². The Labute approximate surface area is 158 Å². The first-order valence-electron chi connectivity index (χ1n) is 9.25. The zero-order valence-corrected chi connectivity index (χ0v) is 15.4. The molecule has 0 saturated carbocycles. The van der Waals surface area contributed by atoms with Crippen molar-refractivity contribution in [2.75, 3.05) is 37.7 Å². The number of hydrogen-bond acceptors (Lipinski definition) is 6. The van der Waals surface area contributed by atoms with Gasteiger partial charge in [0, 0.05) is 42.4 Å². The van der Waals surface area contributed by atoms with E-state index in [1.54, 1.807) is 18.3 Å². The molecule has 4 rings (SSSR count). The molecule has 2 aromatic rings. The average Bonchev–Trinajstić information content (AvgIpc) is 3.11. The molecule has 0 radical (unpaired) electrons. The van der Waals surface area contributed by atoms with Gasteiger partial charge in [-0.2, -0.15) is 0 Å². The van der Waals surface area contributed by atoms with Crippen LogP contribution in [0.5, 0.6) is 0 Å². The van der Waals surface area contributed by atoms with E-state index in [2.05, 4.69) is 27.1 Å². The number of ether oxygens (including phenoxy) is 1. The molecule has 7 heteroatoms. The molecule has 2 fully saturated rings. The van der Waals surface area contributed by atoms with E-state index in [0.717, 1.165) is 24.3 Å². The van der Waals surface area contributed by atoms with Crippen LogP contribution in [0.2, 0.25) is 0 Å². The van der Waals surface area contributed by atoms with Crippen LogP contribution < -0.4 is 10.2 Å². The zero-order valence-electron chi connectivity index (χ0n) is 15.4. The molecule has 2 saturated heterocycles. The molecule has 0 spiro atoms. The molecular weight excluding hydrogens is 344 g/mol. The third-order valence-electron chi connectivity index (χ3n) is 5.11. The lowest BCUT2D eigenvalue weighted by atomic mass is 9.88. The van der Waals surface area contributed by atoms with Crippen molar-refractivity contribution in [1.29, 1.82) is 0 Å². The molecule has 1 amide bonds. The number of β-amino-alcohol motifs (C(OH)–C–C–N with tert-alkyl or cyclic N) is 1. The standard InChI is InChI=1S/C20H24N4O3/c1-20(12-27-13-20)11-22-19(26)15-4-2-14(3-5-15)18-21-8-6-17(23-18)24-9-7-16(25)10-24/h2-6,8,16,25H,7,9-13H2,1H3,(H,22,26)/t16-/m1/s1. The van der Waals surface area contributed by atoms with Gasteiger partial charge in [0.05, 0.1) is 19.3 Å². The van der Waals surface area contributed by atoms with Crippen LogP contribution in [-0.4, -0.2) is 59.9 Å². The number of hydrogen-bond donors (Lipinski definition) is 2. The van der Waals surface area contributed by atoms with Crippen LogP contribution >= 0.6 is 0 Å². The van der Waals surface area contributed by atoms with E-state index >= 15 is 0 Å². The fourth-order valence-corrected chi connectivity index (χ4v) is 3.33. The number of rotatable bonds is 5. The van der Waals surface area contributed by atoms with E-state index in [0.29, 0.717) is 37.7 Å². The van der Waals surface area contributed by atoms with E-state index in [1.165, 1.54) is 0 Å². The second-order valence-electron chi connectivity index (χ2n) is 7.69. The van der Waals surface area contributed by atoms with Gasteiger partial charge in [0.1, 0.15) is 5.82 Å². The highest BCUT2D eigenvalue weighted by Crippen LogP contribution is 2.25. The fraction of sp³-hybridized carbons (Fsp3) is 0.450. The number of carbonyl (C=O) groups excluding carboxylic acids is 1. The summed E-state index contributed by atoms with van der Waals surface area (Å²) >= 11 is 0. The van der Waals surface area contributed by atoms with E-state index in [4.69, 9.17) is 4.74 Å². The van der Waals surface area contributed by atoms with Gasteiger partial charge < -0.3 is 20.1 Å². The summed E-state index contributed by atoms with van der Waals surface area (Å²) < 4.78 is 5.21. The minimum Gasteiger partial charge on any atom is -0.391 e. The van der Waals surface area contributed by atoms with E-state index in [1.807, 2.05) is 18.2 Å². The molecule has 27 heavy (non-hydrogen) atoms. The van der Waals surface area contributed by atoms with Crippen LogP contribution in [0.4, 0.5) is 5.82 Å². The summed E-state index contributed by atoms with van der Waals surface area (Å²) in [6, 6.07) is 9.16. The fourth-order valence-electron chi connectivity index (χ4n) is 3.33. The largest absolute Gasteiger partial charge is 0.391 e. The maximum Gasteiger partial charge on any atom is 0.251 e. The van der Waals surface area contributed by atoms with Gasteiger partial charge >= 0.3 is 0 Å². The molecule has 2 aliphatic heterocycles. The Balaban J connectivity index is 1.43. The van der Waals surface area contributed by atoms with Gasteiger partial charge in [-0.1, -0.05) is 19.1 Å². The second-order valence-corrected chi connectivity index (χ2v) is 7.69. The molecule has 0 bridgehead atoms. The molecule has 7 nitrogen and oxygen atoms in total. The monoisotopic (exact) mass is 368 g/mol. The van der Waals surface area contributed by atoms with Crippen molar-refractivity contribution in [1.82, 2.24) is 15.3 Å². The number of aliphatic hydroxyl groups excluding tert-OH is 1. The van der Waals surface area contributed by atoms with Gasteiger partial charge in [-0.3, -0.25) is 4.79 Å². The van der Waals surface area contributed by atoms with Crippen molar-refractivity contribution < 1.29 is 14.6 Å². The average molecular weight is 368 g/mol. The molecule has 1 aromatic carbocycles. The van der Waals surface area contributed by atoms with Crippen molar-refractivity contribution in [3.05, 3.63) is 42.1 Å². The van der Waals surface area contributed by atoms with Gasteiger partial charge in [-0.05, 0) is 24.6 Å². The van der Waals surface area contributed by atoms with Crippen LogP contribution in [-0.2, 0) is 4.74 Å². The van der Waals surface area contributed by atoms with Gasteiger partial charge in [-0.25, -0.2) is 9.97 Å². The van der Waals surface area contributed by atoms with Gasteiger partial charge in [0.2, 0.25) is 0 Å². The maximum atomic E-state index is 12.3. The van der Waals surface area contributed by atoms with Crippen molar-refractivity contribution in [3.8, 4) is 11.4 Å². The van der Waals surface area contributed by atoms with Crippen molar-refractivity contribution >= 4 is 11.7 Å². The molecule has 1 atom stereocenters. The first kappa shape index (κ1) is 17.9. The molecular formula is C20H24N4O3. The topological polar surface area (TPSA) is 87.6 Å². The Morgan fingerprint density at radius 1 is 1.33 bits per heavy atom. The van der Waals surface area contributed by atoms with Gasteiger partial charge in [-0.15, -0.1) is 0 Å². The number of amides is 1. The Morgan fingerprint density at radius 3 is 2.74 bits per heavy atom. The smallest absolute Gasteiger partial charge is 0.251 e. The second kappa shape index (κ2) is 7.25. The lowest BCUT2D eigenvalue weighted by molar-refractivity contribution is -0.0978. The number of nitrogens with zero attached hydrogens (tertiary/aromatic N) is 3. The van der Waals surface area contributed by atoms with Crippen LogP contribution in [0.25, 0.3) is 11.4 Å². The number of aromatic nitrogens is 2. The molecule has 0 unspecified atom stereocenters. The molecule has 142 valence electrons. The van der Waals surface area contributed by atoms with E-state index in [-0.39, 0.29) is 17.4 Å². The predicted octanol–water partition coefficient (Wildman–Crippen LogP) is 1.48. The third kappa shape index (κ3) is 3.94. The Kier molecular flexibility index (Phi) is 4.80.